The second kappa shape index (κ2) is 10.1. The number of hydrogen-bond acceptors (Lipinski definition) is 6. The maximum absolute atomic E-state index is 12.1. The predicted octanol–water partition coefficient (Wildman–Crippen LogP) is 2.88. The molecule has 7 nitrogen and oxygen atoms in total. The molecule has 0 unspecified atom stereocenters. The molecule has 2 rings (SSSR count). The summed E-state index contributed by atoms with van der Waals surface area (Å²) in [4.78, 5) is 24.2. The van der Waals surface area contributed by atoms with Gasteiger partial charge < -0.3 is 14.8 Å². The molecule has 1 fully saturated rings. The molecule has 146 valence electrons. The van der Waals surface area contributed by atoms with Crippen LogP contribution in [0.5, 0.6) is 5.75 Å². The Morgan fingerprint density at radius 3 is 2.43 bits per heavy atom. The van der Waals surface area contributed by atoms with E-state index >= 15 is 0 Å². The summed E-state index contributed by atoms with van der Waals surface area (Å²) in [5, 5.41) is 21.3. The van der Waals surface area contributed by atoms with Gasteiger partial charge in [-0.15, -0.1) is 0 Å². The van der Waals surface area contributed by atoms with E-state index in [1.807, 2.05) is 6.92 Å². The summed E-state index contributed by atoms with van der Waals surface area (Å²) in [6.45, 7) is 1.88. The van der Waals surface area contributed by atoms with E-state index in [2.05, 4.69) is 11.4 Å². The van der Waals surface area contributed by atoms with Gasteiger partial charge in [-0.25, -0.2) is 4.79 Å². The molecule has 1 amide bonds. The lowest BCUT2D eigenvalue weighted by Crippen LogP contribution is -2.50. The lowest BCUT2D eigenvalue weighted by Gasteiger charge is -2.31. The van der Waals surface area contributed by atoms with Crippen LogP contribution in [-0.4, -0.2) is 30.6 Å². The van der Waals surface area contributed by atoms with Crippen LogP contribution in [0.15, 0.2) is 29.8 Å². The van der Waals surface area contributed by atoms with Gasteiger partial charge in [-0.2, -0.15) is 10.5 Å². The summed E-state index contributed by atoms with van der Waals surface area (Å²) < 4.78 is 10.3. The number of carbonyl (C=O) groups is 2. The zero-order valence-electron chi connectivity index (χ0n) is 15.9. The van der Waals surface area contributed by atoms with E-state index in [1.54, 1.807) is 30.3 Å². The number of hydrogen-bond donors (Lipinski definition) is 1. The van der Waals surface area contributed by atoms with Crippen molar-refractivity contribution in [1.29, 1.82) is 10.5 Å². The van der Waals surface area contributed by atoms with Crippen LogP contribution < -0.4 is 10.1 Å². The molecule has 1 aromatic rings. The normalized spacial score (nSPS) is 15.6. The topological polar surface area (TPSA) is 112 Å². The fraction of sp³-hybridized carbons (Fsp3) is 0.429. The summed E-state index contributed by atoms with van der Waals surface area (Å²) in [5.41, 5.74) is -0.477. The molecule has 7 heteroatoms. The molecule has 0 aromatic heterocycles. The van der Waals surface area contributed by atoms with Gasteiger partial charge in [-0.05, 0) is 43.5 Å². The molecule has 1 aliphatic carbocycles. The van der Waals surface area contributed by atoms with Crippen LogP contribution in [0.3, 0.4) is 0 Å². The van der Waals surface area contributed by atoms with Crippen LogP contribution in [0.25, 0.3) is 6.08 Å². The molecular weight excluding hydrogens is 358 g/mol. The van der Waals surface area contributed by atoms with Gasteiger partial charge in [0.1, 0.15) is 22.9 Å². The molecule has 0 atom stereocenters. The number of amides is 1. The van der Waals surface area contributed by atoms with Crippen molar-refractivity contribution in [2.45, 2.75) is 44.6 Å². The first-order chi connectivity index (χ1) is 13.5. The fourth-order valence-electron chi connectivity index (χ4n) is 3.06. The standard InChI is InChI=1S/C21H23N3O4/c1-2-27-18-8-6-16(7-9-18)12-17(13-22)20(26)28-14-19(25)24-21(15-23)10-4-3-5-11-21/h6-9,12H,2-5,10-11,14H2,1H3,(H,24,25)/b17-12+. The molecule has 1 aromatic carbocycles. The summed E-state index contributed by atoms with van der Waals surface area (Å²) >= 11 is 0. The third-order valence-corrected chi connectivity index (χ3v) is 4.48. The largest absolute Gasteiger partial charge is 0.494 e. The Kier molecular flexibility index (Phi) is 7.59. The minimum absolute atomic E-state index is 0.218. The van der Waals surface area contributed by atoms with Gasteiger partial charge in [-0.3, -0.25) is 4.79 Å². The third kappa shape index (κ3) is 5.85. The van der Waals surface area contributed by atoms with Crippen molar-refractivity contribution in [2.24, 2.45) is 0 Å². The average Bonchev–Trinajstić information content (AvgIpc) is 2.72. The Bertz CT molecular complexity index is 810. The van der Waals surface area contributed by atoms with E-state index in [0.717, 1.165) is 19.3 Å². The SMILES string of the molecule is CCOc1ccc(/C=C(\C#N)C(=O)OCC(=O)NC2(C#N)CCCCC2)cc1. The highest BCUT2D eigenvalue weighted by Gasteiger charge is 2.33. The zero-order valence-corrected chi connectivity index (χ0v) is 15.9. The van der Waals surface area contributed by atoms with Crippen LogP contribution in [0.2, 0.25) is 0 Å². The van der Waals surface area contributed by atoms with Gasteiger partial charge >= 0.3 is 5.97 Å². The van der Waals surface area contributed by atoms with Crippen LogP contribution in [0, 0.1) is 22.7 Å². The second-order valence-corrected chi connectivity index (χ2v) is 6.55. The Balaban J connectivity index is 1.93. The molecule has 28 heavy (non-hydrogen) atoms. The van der Waals surface area contributed by atoms with E-state index in [1.165, 1.54) is 6.08 Å². The van der Waals surface area contributed by atoms with Gasteiger partial charge in [-0.1, -0.05) is 31.4 Å². The monoisotopic (exact) mass is 381 g/mol. The number of carbonyl (C=O) groups excluding carboxylic acids is 2. The van der Waals surface area contributed by atoms with Crippen molar-refractivity contribution in [3.63, 3.8) is 0 Å². The van der Waals surface area contributed by atoms with Crippen molar-refractivity contribution in [2.75, 3.05) is 13.2 Å². The number of nitrogens with zero attached hydrogens (tertiary/aromatic N) is 2. The molecule has 1 N–H and O–H groups in total. The summed E-state index contributed by atoms with van der Waals surface area (Å²) in [5.74, 6) is -0.747. The predicted molar refractivity (Wildman–Crippen MR) is 102 cm³/mol. The lowest BCUT2D eigenvalue weighted by atomic mass is 9.83. The minimum atomic E-state index is -0.891. The van der Waals surface area contributed by atoms with E-state index in [4.69, 9.17) is 9.47 Å². The van der Waals surface area contributed by atoms with Gasteiger partial charge in [0.25, 0.3) is 5.91 Å². The van der Waals surface area contributed by atoms with E-state index < -0.39 is 24.0 Å². The van der Waals surface area contributed by atoms with Crippen LogP contribution >= 0.6 is 0 Å². The zero-order chi connectivity index (χ0) is 20.4. The van der Waals surface area contributed by atoms with Crippen molar-refractivity contribution in [1.82, 2.24) is 5.32 Å². The summed E-state index contributed by atoms with van der Waals surface area (Å²) in [6, 6.07) is 10.8. The van der Waals surface area contributed by atoms with Gasteiger partial charge in [0.2, 0.25) is 0 Å². The van der Waals surface area contributed by atoms with Crippen LogP contribution in [0.1, 0.15) is 44.6 Å². The Hall–Kier alpha value is -3.32. The third-order valence-electron chi connectivity index (χ3n) is 4.48. The van der Waals surface area contributed by atoms with Crippen LogP contribution in [-0.2, 0) is 14.3 Å². The molecule has 0 radical (unpaired) electrons. The first-order valence-electron chi connectivity index (χ1n) is 9.26. The second-order valence-electron chi connectivity index (χ2n) is 6.55. The highest BCUT2D eigenvalue weighted by atomic mass is 16.5. The molecule has 0 spiro atoms. The maximum Gasteiger partial charge on any atom is 0.349 e. The van der Waals surface area contributed by atoms with Crippen LogP contribution in [0.4, 0.5) is 0 Å². The first kappa shape index (κ1) is 21.0. The maximum atomic E-state index is 12.1. The number of esters is 1. The number of benzene rings is 1. The summed E-state index contributed by atoms with van der Waals surface area (Å²) in [6.07, 6.45) is 5.34. The first-order valence-corrected chi connectivity index (χ1v) is 9.26. The Morgan fingerprint density at radius 1 is 1.18 bits per heavy atom. The fourth-order valence-corrected chi connectivity index (χ4v) is 3.06. The number of rotatable bonds is 7. The Labute approximate surface area is 164 Å². The number of nitrogens with one attached hydrogen (secondary N) is 1. The lowest BCUT2D eigenvalue weighted by molar-refractivity contribution is -0.144. The minimum Gasteiger partial charge on any atom is -0.494 e. The molecule has 0 saturated heterocycles. The molecule has 1 aliphatic rings. The van der Waals surface area contributed by atoms with Crippen molar-refractivity contribution in [3.8, 4) is 17.9 Å². The van der Waals surface area contributed by atoms with E-state index in [9.17, 15) is 20.1 Å². The van der Waals surface area contributed by atoms with Crippen molar-refractivity contribution in [3.05, 3.63) is 35.4 Å². The van der Waals surface area contributed by atoms with E-state index in [0.29, 0.717) is 30.8 Å². The molecule has 0 heterocycles. The molecule has 0 aliphatic heterocycles. The molecule has 0 bridgehead atoms. The number of ether oxygens (including phenoxy) is 2. The number of nitriles is 2. The smallest absolute Gasteiger partial charge is 0.349 e. The van der Waals surface area contributed by atoms with Gasteiger partial charge in [0.15, 0.2) is 6.61 Å². The van der Waals surface area contributed by atoms with Crippen molar-refractivity contribution < 1.29 is 19.1 Å². The highest BCUT2D eigenvalue weighted by molar-refractivity contribution is 5.98. The van der Waals surface area contributed by atoms with Gasteiger partial charge in [0.05, 0.1) is 12.7 Å². The van der Waals surface area contributed by atoms with Gasteiger partial charge in [0, 0.05) is 0 Å². The molecular formula is C21H23N3O4. The summed E-state index contributed by atoms with van der Waals surface area (Å²) in [7, 11) is 0. The molecule has 1 saturated carbocycles. The highest BCUT2D eigenvalue weighted by Crippen LogP contribution is 2.27. The average molecular weight is 381 g/mol. The van der Waals surface area contributed by atoms with Crippen molar-refractivity contribution >= 4 is 18.0 Å². The Morgan fingerprint density at radius 2 is 1.86 bits per heavy atom. The quantitative estimate of drug-likeness (QED) is 0.441. The van der Waals surface area contributed by atoms with E-state index in [-0.39, 0.29) is 5.57 Å².